The lowest BCUT2D eigenvalue weighted by molar-refractivity contribution is 1.09. The first-order valence-corrected chi connectivity index (χ1v) is 5.86. The summed E-state index contributed by atoms with van der Waals surface area (Å²) in [5.41, 5.74) is 1.69. The zero-order valence-electron chi connectivity index (χ0n) is 6.11. The average molecular weight is 378 g/mol. The largest absolute Gasteiger partial charge is 0.255 e. The van der Waals surface area contributed by atoms with E-state index in [1.165, 1.54) is 0 Å². The lowest BCUT2D eigenvalue weighted by Crippen LogP contribution is -2.02. The first-order valence-electron chi connectivity index (χ1n) is 3.11. The average Bonchev–Trinajstić information content (AvgIpc) is 1.82. The molecule has 66 valence electrons. The monoisotopic (exact) mass is 375 g/mol. The van der Waals surface area contributed by atoms with Crippen LogP contribution in [-0.4, -0.2) is 4.98 Å². The molecule has 1 nitrogen and oxygen atoms in total. The predicted octanol–water partition coefficient (Wildman–Crippen LogP) is 4.34. The molecule has 0 aliphatic heterocycles. The summed E-state index contributed by atoms with van der Waals surface area (Å²) in [6.45, 7) is 1.90. The van der Waals surface area contributed by atoms with E-state index in [4.69, 9.17) is 11.6 Å². The second-order valence-corrected chi connectivity index (χ2v) is 9.51. The number of alkyl halides is 3. The van der Waals surface area contributed by atoms with Gasteiger partial charge in [0.25, 0.3) is 0 Å². The maximum atomic E-state index is 5.85. The van der Waals surface area contributed by atoms with Crippen molar-refractivity contribution in [1.82, 2.24) is 4.98 Å². The number of aryl methyl sites for hydroxylation is 1. The van der Waals surface area contributed by atoms with Gasteiger partial charge in [-0.1, -0.05) is 59.4 Å². The molecule has 0 aliphatic carbocycles. The molecule has 0 saturated carbocycles. The van der Waals surface area contributed by atoms with Crippen molar-refractivity contribution in [3.05, 3.63) is 28.5 Å². The fraction of sp³-hybridized carbons (Fsp3) is 0.286. The highest BCUT2D eigenvalue weighted by atomic mass is 80.0. The lowest BCUT2D eigenvalue weighted by atomic mass is 10.3. The van der Waals surface area contributed by atoms with Gasteiger partial charge in [-0.3, -0.25) is 4.98 Å². The SMILES string of the molecule is Cc1cc(Cl)cc(C(Br)(Br)Br)n1. The molecule has 0 atom stereocenters. The van der Waals surface area contributed by atoms with Gasteiger partial charge in [0, 0.05) is 10.7 Å². The van der Waals surface area contributed by atoms with Gasteiger partial charge in [-0.15, -0.1) is 0 Å². The molecule has 1 rings (SSSR count). The van der Waals surface area contributed by atoms with Gasteiger partial charge in [-0.25, -0.2) is 0 Å². The molecule has 0 aliphatic rings. The highest BCUT2D eigenvalue weighted by Crippen LogP contribution is 2.43. The molecule has 0 aromatic carbocycles. The van der Waals surface area contributed by atoms with Crippen molar-refractivity contribution in [2.24, 2.45) is 0 Å². The van der Waals surface area contributed by atoms with Crippen molar-refractivity contribution < 1.29 is 0 Å². The van der Waals surface area contributed by atoms with Gasteiger partial charge in [-0.2, -0.15) is 0 Å². The van der Waals surface area contributed by atoms with Gasteiger partial charge in [0.15, 0.2) is 2.14 Å². The Bertz CT molecular complexity index is 275. The fourth-order valence-corrected chi connectivity index (χ4v) is 1.64. The van der Waals surface area contributed by atoms with Crippen molar-refractivity contribution in [3.63, 3.8) is 0 Å². The molecule has 0 fully saturated rings. The molecule has 0 saturated heterocycles. The number of halogens is 4. The van der Waals surface area contributed by atoms with E-state index in [2.05, 4.69) is 52.8 Å². The Labute approximate surface area is 101 Å². The normalized spacial score (nSPS) is 11.8. The Morgan fingerprint density at radius 2 is 1.92 bits per heavy atom. The van der Waals surface area contributed by atoms with Crippen LogP contribution in [0.2, 0.25) is 5.02 Å². The van der Waals surface area contributed by atoms with E-state index in [0.717, 1.165) is 11.4 Å². The topological polar surface area (TPSA) is 12.9 Å². The number of nitrogens with zero attached hydrogens (tertiary/aromatic N) is 1. The number of aromatic nitrogens is 1. The number of hydrogen-bond acceptors (Lipinski definition) is 1. The predicted molar refractivity (Wildman–Crippen MR) is 62.4 cm³/mol. The number of pyridine rings is 1. The molecule has 1 aromatic heterocycles. The van der Waals surface area contributed by atoms with Crippen LogP contribution in [0.1, 0.15) is 11.4 Å². The van der Waals surface area contributed by atoms with Crippen LogP contribution in [-0.2, 0) is 2.14 Å². The van der Waals surface area contributed by atoms with E-state index >= 15 is 0 Å². The molecule has 0 spiro atoms. The van der Waals surface area contributed by atoms with E-state index in [9.17, 15) is 0 Å². The fourth-order valence-electron chi connectivity index (χ4n) is 0.772. The molecular weight excluding hydrogens is 373 g/mol. The van der Waals surface area contributed by atoms with Crippen LogP contribution in [0.25, 0.3) is 0 Å². The molecule has 0 bridgehead atoms. The van der Waals surface area contributed by atoms with Crippen LogP contribution in [0.3, 0.4) is 0 Å². The highest BCUT2D eigenvalue weighted by molar-refractivity contribution is 9.38. The Kier molecular flexibility index (Phi) is 3.60. The van der Waals surface area contributed by atoms with Gasteiger partial charge in [0.2, 0.25) is 0 Å². The maximum Gasteiger partial charge on any atom is 0.176 e. The third-order valence-corrected chi connectivity index (χ3v) is 2.65. The summed E-state index contributed by atoms with van der Waals surface area (Å²) in [7, 11) is 0. The molecule has 5 heteroatoms. The van der Waals surface area contributed by atoms with Crippen LogP contribution < -0.4 is 0 Å². The van der Waals surface area contributed by atoms with Crippen molar-refractivity contribution in [1.29, 1.82) is 0 Å². The summed E-state index contributed by atoms with van der Waals surface area (Å²) in [6.07, 6.45) is 0. The Balaban J connectivity index is 3.18. The molecule has 0 unspecified atom stereocenters. The minimum Gasteiger partial charge on any atom is -0.255 e. The van der Waals surface area contributed by atoms with Crippen molar-refractivity contribution in [3.8, 4) is 0 Å². The van der Waals surface area contributed by atoms with E-state index < -0.39 is 2.14 Å². The van der Waals surface area contributed by atoms with Crippen LogP contribution >= 0.6 is 59.4 Å². The van der Waals surface area contributed by atoms with Crippen LogP contribution in [0, 0.1) is 6.92 Å². The molecular formula is C7H5Br3ClN. The third kappa shape index (κ3) is 2.98. The van der Waals surface area contributed by atoms with Crippen molar-refractivity contribution in [2.45, 2.75) is 9.07 Å². The van der Waals surface area contributed by atoms with Gasteiger partial charge >= 0.3 is 0 Å². The highest BCUT2D eigenvalue weighted by Gasteiger charge is 2.22. The van der Waals surface area contributed by atoms with Gasteiger partial charge in [-0.05, 0) is 19.1 Å². The molecule has 0 N–H and O–H groups in total. The van der Waals surface area contributed by atoms with Crippen LogP contribution in [0.4, 0.5) is 0 Å². The minimum absolute atomic E-state index is 0.483. The smallest absolute Gasteiger partial charge is 0.176 e. The van der Waals surface area contributed by atoms with Crippen molar-refractivity contribution >= 4 is 59.4 Å². The van der Waals surface area contributed by atoms with E-state index in [1.807, 2.05) is 13.0 Å². The quantitative estimate of drug-likeness (QED) is 0.612. The maximum absolute atomic E-state index is 5.85. The zero-order chi connectivity index (χ0) is 9.35. The van der Waals surface area contributed by atoms with Gasteiger partial charge in [0.05, 0.1) is 5.69 Å². The summed E-state index contributed by atoms with van der Waals surface area (Å²) in [6, 6.07) is 3.59. The Morgan fingerprint density at radius 1 is 1.33 bits per heavy atom. The van der Waals surface area contributed by atoms with Gasteiger partial charge < -0.3 is 0 Å². The summed E-state index contributed by atoms with van der Waals surface area (Å²) in [5, 5.41) is 0.681. The van der Waals surface area contributed by atoms with Crippen LogP contribution in [0.5, 0.6) is 0 Å². The number of rotatable bonds is 0. The Hall–Kier alpha value is 0.880. The lowest BCUT2D eigenvalue weighted by Gasteiger charge is -2.11. The third-order valence-electron chi connectivity index (χ3n) is 1.21. The second-order valence-electron chi connectivity index (χ2n) is 2.31. The summed E-state index contributed by atoms with van der Waals surface area (Å²) < 4.78 is -0.483. The molecule has 1 aromatic rings. The number of hydrogen-bond donors (Lipinski definition) is 0. The minimum atomic E-state index is -0.483. The van der Waals surface area contributed by atoms with Crippen LogP contribution in [0.15, 0.2) is 12.1 Å². The van der Waals surface area contributed by atoms with E-state index in [0.29, 0.717) is 5.02 Å². The first kappa shape index (κ1) is 11.0. The van der Waals surface area contributed by atoms with E-state index in [1.54, 1.807) is 6.07 Å². The molecule has 0 amide bonds. The Morgan fingerprint density at radius 3 is 2.33 bits per heavy atom. The summed E-state index contributed by atoms with van der Waals surface area (Å²) in [5.74, 6) is 0. The zero-order valence-corrected chi connectivity index (χ0v) is 11.6. The van der Waals surface area contributed by atoms with Crippen molar-refractivity contribution in [2.75, 3.05) is 0 Å². The molecule has 0 radical (unpaired) electrons. The molecule has 12 heavy (non-hydrogen) atoms. The summed E-state index contributed by atoms with van der Waals surface area (Å²) in [4.78, 5) is 4.28. The second kappa shape index (κ2) is 3.95. The van der Waals surface area contributed by atoms with E-state index in [-0.39, 0.29) is 0 Å². The standard InChI is InChI=1S/C7H5Br3ClN/c1-4-2-5(11)3-6(12-4)7(8,9)10/h2-3H,1H3. The summed E-state index contributed by atoms with van der Waals surface area (Å²) >= 11 is 16.0. The first-order chi connectivity index (χ1) is 5.39. The van der Waals surface area contributed by atoms with Gasteiger partial charge in [0.1, 0.15) is 0 Å². The molecule has 1 heterocycles.